The maximum absolute atomic E-state index is 12.6. The third-order valence-corrected chi connectivity index (χ3v) is 6.20. The van der Waals surface area contributed by atoms with Gasteiger partial charge in [-0.05, 0) is 49.3 Å². The van der Waals surface area contributed by atoms with E-state index in [1.807, 2.05) is 6.07 Å². The summed E-state index contributed by atoms with van der Waals surface area (Å²) in [6, 6.07) is 5.51. The maximum Gasteiger partial charge on any atom is 0.240 e. The molecule has 1 saturated carbocycles. The second-order valence-electron chi connectivity index (χ2n) is 6.43. The van der Waals surface area contributed by atoms with E-state index < -0.39 is 10.0 Å². The molecule has 0 saturated heterocycles. The molecule has 2 atom stereocenters. The van der Waals surface area contributed by atoms with Gasteiger partial charge in [0, 0.05) is 18.3 Å². The molecule has 21 heavy (non-hydrogen) atoms. The lowest BCUT2D eigenvalue weighted by Gasteiger charge is -2.17. The standard InChI is InChI=1S/C16H24N2O2S/c1-12-3-2-4-14(7-5-12)18-21(19,20)15-8-6-13-9-10-17-16(13)11-15/h6,8,11-12,14,17-18H,2-5,7,9-10H2,1H3. The first kappa shape index (κ1) is 14.9. The summed E-state index contributed by atoms with van der Waals surface area (Å²) in [7, 11) is -3.41. The Labute approximate surface area is 127 Å². The van der Waals surface area contributed by atoms with Crippen LogP contribution in [0, 0.1) is 5.92 Å². The summed E-state index contributed by atoms with van der Waals surface area (Å²) in [6.07, 6.45) is 6.31. The van der Waals surface area contributed by atoms with Gasteiger partial charge in [0.1, 0.15) is 0 Å². The number of sulfonamides is 1. The van der Waals surface area contributed by atoms with Crippen molar-refractivity contribution in [2.24, 2.45) is 5.92 Å². The van der Waals surface area contributed by atoms with E-state index in [4.69, 9.17) is 0 Å². The van der Waals surface area contributed by atoms with Crippen LogP contribution in [0.4, 0.5) is 5.69 Å². The Morgan fingerprint density at radius 2 is 2.05 bits per heavy atom. The Morgan fingerprint density at radius 3 is 2.90 bits per heavy atom. The van der Waals surface area contributed by atoms with E-state index in [2.05, 4.69) is 17.0 Å². The smallest absolute Gasteiger partial charge is 0.240 e. The molecule has 0 bridgehead atoms. The molecule has 0 amide bonds. The summed E-state index contributed by atoms with van der Waals surface area (Å²) in [5.41, 5.74) is 2.17. The number of fused-ring (bicyclic) bond motifs is 1. The number of hydrogen-bond acceptors (Lipinski definition) is 3. The highest BCUT2D eigenvalue weighted by Crippen LogP contribution is 2.27. The highest BCUT2D eigenvalue weighted by atomic mass is 32.2. The van der Waals surface area contributed by atoms with Gasteiger partial charge in [0.15, 0.2) is 0 Å². The summed E-state index contributed by atoms with van der Waals surface area (Å²) in [4.78, 5) is 0.382. The maximum atomic E-state index is 12.6. The quantitative estimate of drug-likeness (QED) is 0.844. The van der Waals surface area contributed by atoms with E-state index in [0.717, 1.165) is 44.3 Å². The summed E-state index contributed by atoms with van der Waals surface area (Å²) in [6.45, 7) is 3.15. The first-order chi connectivity index (χ1) is 10.0. The third kappa shape index (κ3) is 3.40. The summed E-state index contributed by atoms with van der Waals surface area (Å²) < 4.78 is 28.0. The van der Waals surface area contributed by atoms with Crippen molar-refractivity contribution >= 4 is 15.7 Å². The molecule has 2 unspecified atom stereocenters. The topological polar surface area (TPSA) is 58.2 Å². The number of benzene rings is 1. The van der Waals surface area contributed by atoms with E-state index in [1.165, 1.54) is 12.0 Å². The molecule has 3 rings (SSSR count). The highest BCUT2D eigenvalue weighted by Gasteiger charge is 2.24. The Hall–Kier alpha value is -1.07. The van der Waals surface area contributed by atoms with Crippen LogP contribution in [0.2, 0.25) is 0 Å². The molecule has 1 aromatic rings. The minimum Gasteiger partial charge on any atom is -0.384 e. The van der Waals surface area contributed by atoms with E-state index in [-0.39, 0.29) is 6.04 Å². The molecule has 1 aliphatic carbocycles. The zero-order valence-corrected chi connectivity index (χ0v) is 13.4. The van der Waals surface area contributed by atoms with Crippen LogP contribution in [0.3, 0.4) is 0 Å². The fraction of sp³-hybridized carbons (Fsp3) is 0.625. The molecule has 5 heteroatoms. The third-order valence-electron chi connectivity index (χ3n) is 4.68. The van der Waals surface area contributed by atoms with Gasteiger partial charge in [0.2, 0.25) is 10.0 Å². The van der Waals surface area contributed by atoms with E-state index in [0.29, 0.717) is 10.8 Å². The summed E-state index contributed by atoms with van der Waals surface area (Å²) >= 11 is 0. The van der Waals surface area contributed by atoms with Gasteiger partial charge in [-0.3, -0.25) is 0 Å². The van der Waals surface area contributed by atoms with Crippen LogP contribution in [0.5, 0.6) is 0 Å². The normalized spacial score (nSPS) is 26.0. The van der Waals surface area contributed by atoms with Crippen LogP contribution in [0.25, 0.3) is 0 Å². The first-order valence-electron chi connectivity index (χ1n) is 7.94. The Bertz CT molecular complexity index is 613. The van der Waals surface area contributed by atoms with E-state index in [1.54, 1.807) is 12.1 Å². The molecule has 2 aliphatic rings. The van der Waals surface area contributed by atoms with Crippen molar-refractivity contribution < 1.29 is 8.42 Å². The number of nitrogens with one attached hydrogen (secondary N) is 2. The van der Waals surface area contributed by atoms with Crippen LogP contribution in [0.15, 0.2) is 23.1 Å². The minimum atomic E-state index is -3.41. The zero-order valence-electron chi connectivity index (χ0n) is 12.6. The molecule has 0 aromatic heterocycles. The van der Waals surface area contributed by atoms with Gasteiger partial charge in [0.05, 0.1) is 4.90 Å². The summed E-state index contributed by atoms with van der Waals surface area (Å²) in [5, 5.41) is 3.24. The second kappa shape index (κ2) is 5.97. The van der Waals surface area contributed by atoms with Crippen molar-refractivity contribution in [1.29, 1.82) is 0 Å². The van der Waals surface area contributed by atoms with Crippen LogP contribution >= 0.6 is 0 Å². The van der Waals surface area contributed by atoms with Gasteiger partial charge < -0.3 is 5.32 Å². The Balaban J connectivity index is 1.74. The van der Waals surface area contributed by atoms with Crippen LogP contribution in [-0.4, -0.2) is 21.0 Å². The number of rotatable bonds is 3. The lowest BCUT2D eigenvalue weighted by Crippen LogP contribution is -2.34. The molecule has 1 aliphatic heterocycles. The average Bonchev–Trinajstić information content (AvgIpc) is 2.83. The molecule has 4 nitrogen and oxygen atoms in total. The molecule has 1 fully saturated rings. The van der Waals surface area contributed by atoms with Crippen molar-refractivity contribution in [1.82, 2.24) is 4.72 Å². The van der Waals surface area contributed by atoms with Crippen LogP contribution in [-0.2, 0) is 16.4 Å². The minimum absolute atomic E-state index is 0.0844. The average molecular weight is 308 g/mol. The number of anilines is 1. The van der Waals surface area contributed by atoms with Crippen molar-refractivity contribution in [3.05, 3.63) is 23.8 Å². The zero-order chi connectivity index (χ0) is 14.9. The van der Waals surface area contributed by atoms with Gasteiger partial charge in [-0.1, -0.05) is 25.8 Å². The second-order valence-corrected chi connectivity index (χ2v) is 8.14. The number of hydrogen-bond donors (Lipinski definition) is 2. The Morgan fingerprint density at radius 1 is 1.19 bits per heavy atom. The SMILES string of the molecule is CC1CCCC(NS(=O)(=O)c2ccc3c(c2)NCC3)CC1. The lowest BCUT2D eigenvalue weighted by molar-refractivity contribution is 0.484. The van der Waals surface area contributed by atoms with Gasteiger partial charge in [-0.15, -0.1) is 0 Å². The van der Waals surface area contributed by atoms with E-state index in [9.17, 15) is 8.42 Å². The molecule has 1 heterocycles. The van der Waals surface area contributed by atoms with Crippen molar-refractivity contribution in [3.63, 3.8) is 0 Å². The molecule has 1 aromatic carbocycles. The molecule has 116 valence electrons. The highest BCUT2D eigenvalue weighted by molar-refractivity contribution is 7.89. The molecular formula is C16H24N2O2S. The molecule has 0 radical (unpaired) electrons. The predicted molar refractivity (Wildman–Crippen MR) is 85.0 cm³/mol. The first-order valence-corrected chi connectivity index (χ1v) is 9.42. The van der Waals surface area contributed by atoms with Crippen molar-refractivity contribution in [2.45, 2.75) is 56.4 Å². The van der Waals surface area contributed by atoms with Gasteiger partial charge in [-0.2, -0.15) is 0 Å². The van der Waals surface area contributed by atoms with Crippen molar-refractivity contribution in [2.75, 3.05) is 11.9 Å². The fourth-order valence-corrected chi connectivity index (χ4v) is 4.66. The molecular weight excluding hydrogens is 284 g/mol. The fourth-order valence-electron chi connectivity index (χ4n) is 3.33. The van der Waals surface area contributed by atoms with E-state index >= 15 is 0 Å². The van der Waals surface area contributed by atoms with Gasteiger partial charge >= 0.3 is 0 Å². The Kier molecular flexibility index (Phi) is 4.22. The predicted octanol–water partition coefficient (Wildman–Crippen LogP) is 2.90. The van der Waals surface area contributed by atoms with Crippen molar-refractivity contribution in [3.8, 4) is 0 Å². The monoisotopic (exact) mass is 308 g/mol. The van der Waals surface area contributed by atoms with Gasteiger partial charge in [-0.25, -0.2) is 13.1 Å². The van der Waals surface area contributed by atoms with Crippen LogP contribution < -0.4 is 10.0 Å². The van der Waals surface area contributed by atoms with Crippen LogP contribution in [0.1, 0.15) is 44.6 Å². The lowest BCUT2D eigenvalue weighted by atomic mass is 10.0. The van der Waals surface area contributed by atoms with Gasteiger partial charge in [0.25, 0.3) is 0 Å². The molecule has 0 spiro atoms. The summed E-state index contributed by atoms with van der Waals surface area (Å²) in [5.74, 6) is 0.712. The molecule has 2 N–H and O–H groups in total. The largest absolute Gasteiger partial charge is 0.384 e.